The number of aliphatic hydroxyl groups excluding tert-OH is 2. The molecule has 2 aromatic heterocycles. The second kappa shape index (κ2) is 7.78. The number of amides is 1. The number of fused-ring (bicyclic) bond motifs is 2. The zero-order valence-electron chi connectivity index (χ0n) is 17.2. The van der Waals surface area contributed by atoms with Crippen molar-refractivity contribution >= 4 is 16.9 Å². The molecule has 0 radical (unpaired) electrons. The van der Waals surface area contributed by atoms with Gasteiger partial charge in [0, 0.05) is 18.0 Å². The predicted molar refractivity (Wildman–Crippen MR) is 111 cm³/mol. The van der Waals surface area contributed by atoms with Crippen LogP contribution in [-0.4, -0.2) is 62.1 Å². The van der Waals surface area contributed by atoms with Gasteiger partial charge in [0.25, 0.3) is 5.91 Å². The van der Waals surface area contributed by atoms with Crippen molar-refractivity contribution in [2.45, 2.75) is 37.7 Å². The summed E-state index contributed by atoms with van der Waals surface area (Å²) in [5.74, 6) is -0.00162. The Morgan fingerprint density at radius 2 is 2.16 bits per heavy atom. The largest absolute Gasteiger partial charge is 0.491 e. The Hall–Kier alpha value is -3.68. The molecule has 5 rings (SSSR count). The molecule has 0 spiro atoms. The van der Waals surface area contributed by atoms with E-state index in [-0.39, 0.29) is 41.6 Å². The molecular weight excluding hydrogens is 414 g/mol. The van der Waals surface area contributed by atoms with Gasteiger partial charge < -0.3 is 29.6 Å². The molecule has 0 saturated heterocycles. The summed E-state index contributed by atoms with van der Waals surface area (Å²) in [6.45, 7) is 2.47. The third-order valence-corrected chi connectivity index (χ3v) is 6.01. The molecule has 1 fully saturated rings. The van der Waals surface area contributed by atoms with E-state index in [2.05, 4.69) is 15.3 Å². The fraction of sp³-hybridized carbons (Fsp3) is 0.364. The molecular formula is C22H21N5O5. The lowest BCUT2D eigenvalue weighted by atomic mass is 10.1. The van der Waals surface area contributed by atoms with Gasteiger partial charge in [0.2, 0.25) is 0 Å². The van der Waals surface area contributed by atoms with E-state index in [0.717, 1.165) is 11.1 Å². The molecule has 3 aromatic rings. The summed E-state index contributed by atoms with van der Waals surface area (Å²) in [7, 11) is 0. The molecule has 164 valence electrons. The lowest BCUT2D eigenvalue weighted by molar-refractivity contribution is -0.0165. The van der Waals surface area contributed by atoms with Crippen LogP contribution in [0.2, 0.25) is 0 Å². The highest BCUT2D eigenvalue weighted by Crippen LogP contribution is 2.38. The Morgan fingerprint density at radius 3 is 2.97 bits per heavy atom. The highest BCUT2D eigenvalue weighted by Gasteiger charge is 2.45. The number of ether oxygens (including phenoxy) is 2. The Bertz CT molecular complexity index is 1250. The molecule has 1 saturated carbocycles. The van der Waals surface area contributed by atoms with E-state index >= 15 is 0 Å². The van der Waals surface area contributed by atoms with E-state index in [4.69, 9.17) is 9.47 Å². The van der Waals surface area contributed by atoms with Crippen molar-refractivity contribution in [2.24, 2.45) is 0 Å². The van der Waals surface area contributed by atoms with Gasteiger partial charge in [-0.3, -0.25) is 4.79 Å². The topological polar surface area (TPSA) is 143 Å². The van der Waals surface area contributed by atoms with Gasteiger partial charge >= 0.3 is 0 Å². The quantitative estimate of drug-likeness (QED) is 0.550. The maximum atomic E-state index is 12.6. The van der Waals surface area contributed by atoms with Crippen molar-refractivity contribution in [3.63, 3.8) is 0 Å². The first-order valence-corrected chi connectivity index (χ1v) is 10.3. The first-order valence-electron chi connectivity index (χ1n) is 10.3. The van der Waals surface area contributed by atoms with E-state index < -0.39 is 24.4 Å². The Morgan fingerprint density at radius 1 is 1.31 bits per heavy atom. The molecule has 2 aliphatic rings. The van der Waals surface area contributed by atoms with E-state index in [0.29, 0.717) is 12.2 Å². The molecule has 1 amide bonds. The number of nitrogens with zero attached hydrogens (tertiary/aromatic N) is 4. The normalized spacial score (nSPS) is 24.9. The average molecular weight is 435 g/mol. The summed E-state index contributed by atoms with van der Waals surface area (Å²) in [6, 6.07) is 6.34. The first kappa shape index (κ1) is 20.2. The molecule has 10 heteroatoms. The Labute approximate surface area is 183 Å². The summed E-state index contributed by atoms with van der Waals surface area (Å²) in [4.78, 5) is 21.1. The second-order valence-corrected chi connectivity index (χ2v) is 7.92. The van der Waals surface area contributed by atoms with Gasteiger partial charge in [-0.25, -0.2) is 9.97 Å². The van der Waals surface area contributed by atoms with Crippen molar-refractivity contribution in [2.75, 3.05) is 13.2 Å². The lowest BCUT2D eigenvalue weighted by Crippen LogP contribution is -2.34. The van der Waals surface area contributed by atoms with Crippen LogP contribution in [0.3, 0.4) is 0 Å². The van der Waals surface area contributed by atoms with E-state index in [1.54, 1.807) is 6.20 Å². The molecule has 1 aromatic carbocycles. The number of aromatic nitrogens is 3. The van der Waals surface area contributed by atoms with Crippen LogP contribution < -0.4 is 14.8 Å². The van der Waals surface area contributed by atoms with Crippen molar-refractivity contribution in [3.8, 4) is 17.6 Å². The van der Waals surface area contributed by atoms with Gasteiger partial charge in [0.1, 0.15) is 54.0 Å². The minimum atomic E-state index is -1.21. The standard InChI is InChI=1S/C22H21N5O5/c1-11-13-2-4-27(21(13)26-10-25-11)14-8-17(20(29)19(14)28)32-16-7-12(9-23)6-15-18(16)22(30)24-3-5-31-15/h2,4,6-7,10,14,17,19-20,28-29H,3,5,8H2,1H3,(H,24,30)/t14-,17+,19+,20-/m1/s1. The highest BCUT2D eigenvalue weighted by molar-refractivity contribution is 6.00. The van der Waals surface area contributed by atoms with Gasteiger partial charge in [-0.05, 0) is 25.1 Å². The fourth-order valence-corrected chi connectivity index (χ4v) is 4.39. The minimum absolute atomic E-state index is 0.130. The van der Waals surface area contributed by atoms with E-state index in [1.807, 2.05) is 23.6 Å². The van der Waals surface area contributed by atoms with Crippen LogP contribution in [0.5, 0.6) is 11.5 Å². The van der Waals surface area contributed by atoms with E-state index in [1.165, 1.54) is 18.5 Å². The number of aryl methyl sites for hydroxylation is 1. The molecule has 3 N–H and O–H groups in total. The molecule has 1 aliphatic heterocycles. The molecule has 32 heavy (non-hydrogen) atoms. The number of benzene rings is 1. The summed E-state index contributed by atoms with van der Waals surface area (Å²) in [6.07, 6.45) is 0.387. The van der Waals surface area contributed by atoms with Crippen LogP contribution in [0.4, 0.5) is 0 Å². The zero-order chi connectivity index (χ0) is 22.4. The number of carbonyl (C=O) groups is 1. The number of rotatable bonds is 3. The maximum Gasteiger partial charge on any atom is 0.258 e. The average Bonchev–Trinajstić information content (AvgIpc) is 3.26. The molecule has 0 bridgehead atoms. The van der Waals surface area contributed by atoms with Gasteiger partial charge in [-0.1, -0.05) is 0 Å². The summed E-state index contributed by atoms with van der Waals surface area (Å²) >= 11 is 0. The van der Waals surface area contributed by atoms with Crippen LogP contribution >= 0.6 is 0 Å². The third kappa shape index (κ3) is 3.23. The highest BCUT2D eigenvalue weighted by atomic mass is 16.5. The van der Waals surface area contributed by atoms with Gasteiger partial charge in [0.15, 0.2) is 0 Å². The zero-order valence-corrected chi connectivity index (χ0v) is 17.2. The molecule has 4 atom stereocenters. The minimum Gasteiger partial charge on any atom is -0.491 e. The number of nitrogens with one attached hydrogen (secondary N) is 1. The first-order chi connectivity index (χ1) is 15.5. The van der Waals surface area contributed by atoms with Gasteiger partial charge in [-0.2, -0.15) is 5.26 Å². The van der Waals surface area contributed by atoms with Crippen LogP contribution in [0.25, 0.3) is 11.0 Å². The van der Waals surface area contributed by atoms with Crippen molar-refractivity contribution < 1.29 is 24.5 Å². The van der Waals surface area contributed by atoms with Crippen LogP contribution in [-0.2, 0) is 0 Å². The smallest absolute Gasteiger partial charge is 0.258 e. The number of nitriles is 1. The maximum absolute atomic E-state index is 12.6. The number of hydrogen-bond acceptors (Lipinski definition) is 8. The fourth-order valence-electron chi connectivity index (χ4n) is 4.39. The number of hydrogen-bond donors (Lipinski definition) is 3. The number of aliphatic hydroxyl groups is 2. The Kier molecular flexibility index (Phi) is 4.92. The predicted octanol–water partition coefficient (Wildman–Crippen LogP) is 0.848. The number of carbonyl (C=O) groups excluding carboxylic acids is 1. The molecule has 0 unspecified atom stereocenters. The SMILES string of the molecule is Cc1ncnc2c1ccn2[C@@H]1C[C@H](Oc2cc(C#N)cc3c2C(=O)NCCO3)[C@@H](O)[C@H]1O. The summed E-state index contributed by atoms with van der Waals surface area (Å²) in [5, 5.41) is 34.5. The van der Waals surface area contributed by atoms with Crippen molar-refractivity contribution in [1.82, 2.24) is 19.9 Å². The summed E-state index contributed by atoms with van der Waals surface area (Å²) < 4.78 is 13.5. The lowest BCUT2D eigenvalue weighted by Gasteiger charge is -2.20. The van der Waals surface area contributed by atoms with Crippen molar-refractivity contribution in [1.29, 1.82) is 5.26 Å². The van der Waals surface area contributed by atoms with Gasteiger partial charge in [0.05, 0.1) is 29.9 Å². The Balaban J connectivity index is 1.49. The molecule has 1 aliphatic carbocycles. The third-order valence-electron chi connectivity index (χ3n) is 6.01. The monoisotopic (exact) mass is 435 g/mol. The summed E-state index contributed by atoms with van der Waals surface area (Å²) in [5.41, 5.74) is 1.90. The van der Waals surface area contributed by atoms with Gasteiger partial charge in [-0.15, -0.1) is 0 Å². The second-order valence-electron chi connectivity index (χ2n) is 7.92. The molecule has 3 heterocycles. The van der Waals surface area contributed by atoms with Crippen LogP contribution in [0.15, 0.2) is 30.7 Å². The van der Waals surface area contributed by atoms with E-state index in [9.17, 15) is 20.3 Å². The van der Waals surface area contributed by atoms with Crippen LogP contribution in [0.1, 0.15) is 34.1 Å². The van der Waals surface area contributed by atoms with Crippen molar-refractivity contribution in [3.05, 3.63) is 47.5 Å². The van der Waals surface area contributed by atoms with Crippen LogP contribution in [0, 0.1) is 18.3 Å². The molecule has 10 nitrogen and oxygen atoms in total.